The minimum absolute atomic E-state index is 0.0361. The van der Waals surface area contributed by atoms with Gasteiger partial charge in [-0.1, -0.05) is 44.2 Å². The van der Waals surface area contributed by atoms with Crippen molar-refractivity contribution in [3.8, 4) is 0 Å². The smallest absolute Gasteiger partial charge is 0.188 e. The van der Waals surface area contributed by atoms with Crippen molar-refractivity contribution in [2.75, 3.05) is 0 Å². The molecule has 0 fully saturated rings. The molecule has 14 heavy (non-hydrogen) atoms. The van der Waals surface area contributed by atoms with Crippen LogP contribution in [0.25, 0.3) is 0 Å². The Bertz CT molecular complexity index is 285. The van der Waals surface area contributed by atoms with E-state index in [0.717, 1.165) is 6.42 Å². The molecule has 1 nitrogen and oxygen atoms in total. The first-order valence-electron chi connectivity index (χ1n) is 5.09. The summed E-state index contributed by atoms with van der Waals surface area (Å²) in [6.45, 7) is 8.34. The van der Waals surface area contributed by atoms with Crippen LogP contribution in [0.2, 0.25) is 18.1 Å². The molecule has 1 N–H and O–H groups in total. The second-order valence-electron chi connectivity index (χ2n) is 5.11. The zero-order chi connectivity index (χ0) is 10.8. The molecule has 0 atom stereocenters. The lowest BCUT2D eigenvalue weighted by Crippen LogP contribution is -2.40. The Kier molecular flexibility index (Phi) is 3.17. The van der Waals surface area contributed by atoms with Gasteiger partial charge in [-0.05, 0) is 30.1 Å². The molecule has 0 amide bonds. The first kappa shape index (κ1) is 11.5. The fraction of sp³-hybridized carbons (Fsp3) is 0.500. The highest BCUT2D eigenvalue weighted by Crippen LogP contribution is 2.38. The van der Waals surface area contributed by atoms with Gasteiger partial charge in [0.05, 0.1) is 0 Å². The Labute approximate surface area is 87.9 Å². The summed E-state index contributed by atoms with van der Waals surface area (Å²) in [4.78, 5) is 10.1. The quantitative estimate of drug-likeness (QED) is 0.756. The van der Waals surface area contributed by atoms with Crippen LogP contribution in [0, 0.1) is 0 Å². The average Bonchev–Trinajstić information content (AvgIpc) is 2.03. The van der Waals surface area contributed by atoms with Crippen molar-refractivity contribution in [3.05, 3.63) is 35.9 Å². The Balaban J connectivity index is 2.79. The molecule has 0 unspecified atom stereocenters. The summed E-state index contributed by atoms with van der Waals surface area (Å²) in [6, 6.07) is 10.4. The van der Waals surface area contributed by atoms with Crippen molar-refractivity contribution in [2.24, 2.45) is 0 Å². The lowest BCUT2D eigenvalue weighted by atomic mass is 10.0. The maximum Gasteiger partial charge on any atom is 0.188 e. The largest absolute Gasteiger partial charge is 0.432 e. The number of hydrogen-bond acceptors (Lipinski definition) is 1. The molecule has 0 aliphatic heterocycles. The van der Waals surface area contributed by atoms with Crippen molar-refractivity contribution in [2.45, 2.75) is 38.4 Å². The summed E-state index contributed by atoms with van der Waals surface area (Å²) < 4.78 is 0. The molecule has 0 aromatic heterocycles. The van der Waals surface area contributed by atoms with Crippen LogP contribution in [0.4, 0.5) is 0 Å². The van der Waals surface area contributed by atoms with Crippen molar-refractivity contribution < 1.29 is 4.80 Å². The second-order valence-corrected chi connectivity index (χ2v) is 9.58. The van der Waals surface area contributed by atoms with Gasteiger partial charge >= 0.3 is 0 Å². The summed E-state index contributed by atoms with van der Waals surface area (Å²) in [5.74, 6) is 0. The Hall–Kier alpha value is -0.603. The number of benzene rings is 1. The summed E-state index contributed by atoms with van der Waals surface area (Å²) in [5, 5.41) is 0.0361. The highest BCUT2D eigenvalue weighted by atomic mass is 28.4. The van der Waals surface area contributed by atoms with Crippen molar-refractivity contribution in [3.63, 3.8) is 0 Å². The lowest BCUT2D eigenvalue weighted by Gasteiger charge is -2.35. The average molecular weight is 208 g/mol. The lowest BCUT2D eigenvalue weighted by molar-refractivity contribution is 0.467. The standard InChI is InChI=1S/C12H20OSi/c1-12(2,14(3,4)13)10-11-8-6-5-7-9-11/h5-9,13H,10H2,1-4H3. The van der Waals surface area contributed by atoms with Crippen LogP contribution < -0.4 is 0 Å². The fourth-order valence-corrected chi connectivity index (χ4v) is 1.96. The molecule has 0 saturated heterocycles. The van der Waals surface area contributed by atoms with E-state index in [9.17, 15) is 4.80 Å². The van der Waals surface area contributed by atoms with Gasteiger partial charge < -0.3 is 4.80 Å². The molecule has 0 spiro atoms. The monoisotopic (exact) mass is 208 g/mol. The van der Waals surface area contributed by atoms with Gasteiger partial charge in [-0.25, -0.2) is 0 Å². The van der Waals surface area contributed by atoms with Crippen molar-refractivity contribution in [1.29, 1.82) is 0 Å². The number of rotatable bonds is 3. The Morgan fingerprint density at radius 2 is 1.64 bits per heavy atom. The molecular formula is C12H20OSi. The van der Waals surface area contributed by atoms with Gasteiger partial charge in [0.25, 0.3) is 0 Å². The maximum atomic E-state index is 10.1. The van der Waals surface area contributed by atoms with E-state index in [1.807, 2.05) is 19.2 Å². The second kappa shape index (κ2) is 3.87. The molecule has 0 bridgehead atoms. The van der Waals surface area contributed by atoms with Crippen molar-refractivity contribution in [1.82, 2.24) is 0 Å². The van der Waals surface area contributed by atoms with E-state index in [1.54, 1.807) is 0 Å². The first-order valence-corrected chi connectivity index (χ1v) is 8.04. The normalized spacial score (nSPS) is 12.9. The molecule has 0 aliphatic rings. The molecule has 0 saturated carbocycles. The van der Waals surface area contributed by atoms with E-state index in [0.29, 0.717) is 0 Å². The Morgan fingerprint density at radius 3 is 2.07 bits per heavy atom. The van der Waals surface area contributed by atoms with Gasteiger partial charge in [0.1, 0.15) is 0 Å². The van der Waals surface area contributed by atoms with Crippen LogP contribution in [-0.4, -0.2) is 13.1 Å². The van der Waals surface area contributed by atoms with Crippen LogP contribution in [0.5, 0.6) is 0 Å². The third kappa shape index (κ3) is 2.69. The molecule has 1 aromatic carbocycles. The SMILES string of the molecule is CC(C)(Cc1ccccc1)[Si](C)(C)O. The van der Waals surface area contributed by atoms with Gasteiger partial charge in [-0.15, -0.1) is 0 Å². The van der Waals surface area contributed by atoms with E-state index in [2.05, 4.69) is 38.1 Å². The zero-order valence-corrected chi connectivity index (χ0v) is 10.5. The minimum atomic E-state index is -2.07. The highest BCUT2D eigenvalue weighted by molar-refractivity contribution is 6.72. The van der Waals surface area contributed by atoms with Gasteiger partial charge in [-0.3, -0.25) is 0 Å². The summed E-state index contributed by atoms with van der Waals surface area (Å²) in [5.41, 5.74) is 1.31. The summed E-state index contributed by atoms with van der Waals surface area (Å²) >= 11 is 0. The minimum Gasteiger partial charge on any atom is -0.432 e. The third-order valence-electron chi connectivity index (χ3n) is 3.15. The fourth-order valence-electron chi connectivity index (χ4n) is 1.32. The van der Waals surface area contributed by atoms with Crippen LogP contribution >= 0.6 is 0 Å². The maximum absolute atomic E-state index is 10.1. The molecule has 78 valence electrons. The van der Waals surface area contributed by atoms with E-state index < -0.39 is 8.32 Å². The van der Waals surface area contributed by atoms with E-state index in [-0.39, 0.29) is 5.04 Å². The zero-order valence-electron chi connectivity index (χ0n) is 9.54. The molecular weight excluding hydrogens is 188 g/mol. The van der Waals surface area contributed by atoms with Gasteiger partial charge in [0.15, 0.2) is 8.32 Å². The van der Waals surface area contributed by atoms with E-state index in [1.165, 1.54) is 5.56 Å². The third-order valence-corrected chi connectivity index (χ3v) is 6.63. The number of hydrogen-bond donors (Lipinski definition) is 1. The first-order chi connectivity index (χ1) is 6.33. The predicted molar refractivity (Wildman–Crippen MR) is 63.9 cm³/mol. The summed E-state index contributed by atoms with van der Waals surface area (Å²) in [6.07, 6.45) is 0.962. The molecule has 1 rings (SSSR count). The van der Waals surface area contributed by atoms with E-state index >= 15 is 0 Å². The van der Waals surface area contributed by atoms with Gasteiger partial charge in [0, 0.05) is 0 Å². The van der Waals surface area contributed by atoms with E-state index in [4.69, 9.17) is 0 Å². The molecule has 0 aliphatic carbocycles. The highest BCUT2D eigenvalue weighted by Gasteiger charge is 2.37. The molecule has 1 aromatic rings. The summed E-state index contributed by atoms with van der Waals surface area (Å²) in [7, 11) is -2.07. The van der Waals surface area contributed by atoms with Crippen LogP contribution in [0.15, 0.2) is 30.3 Å². The van der Waals surface area contributed by atoms with Gasteiger partial charge in [-0.2, -0.15) is 0 Å². The predicted octanol–water partition coefficient (Wildman–Crippen LogP) is 3.21. The van der Waals surface area contributed by atoms with Crippen LogP contribution in [0.1, 0.15) is 19.4 Å². The molecule has 0 heterocycles. The van der Waals surface area contributed by atoms with Crippen LogP contribution in [0.3, 0.4) is 0 Å². The van der Waals surface area contributed by atoms with Crippen LogP contribution in [-0.2, 0) is 6.42 Å². The Morgan fingerprint density at radius 1 is 1.14 bits per heavy atom. The van der Waals surface area contributed by atoms with Crippen molar-refractivity contribution >= 4 is 8.32 Å². The van der Waals surface area contributed by atoms with Gasteiger partial charge in [0.2, 0.25) is 0 Å². The molecule has 0 radical (unpaired) electrons. The molecule has 2 heteroatoms. The topological polar surface area (TPSA) is 20.2 Å².